The van der Waals surface area contributed by atoms with Crippen molar-refractivity contribution in [2.45, 2.75) is 96.7 Å². The second-order valence-electron chi connectivity index (χ2n) is 18.4. The maximum atomic E-state index is 14.1. The molecule has 0 saturated heterocycles. The molecule has 3 aliphatic rings. The number of hydrogen-bond acceptors (Lipinski definition) is 13. The number of amides is 6. The van der Waals surface area contributed by atoms with Crippen molar-refractivity contribution in [1.29, 1.82) is 0 Å². The van der Waals surface area contributed by atoms with Crippen LogP contribution in [-0.4, -0.2) is 80.4 Å². The Labute approximate surface area is 423 Å². The Kier molecular flexibility index (Phi) is 15.7. The highest BCUT2D eigenvalue weighted by Gasteiger charge is 2.38. The van der Waals surface area contributed by atoms with Crippen molar-refractivity contribution in [3.8, 4) is 23.0 Å². The number of unbranched alkanes of at least 4 members (excludes halogenated alkanes) is 1. The van der Waals surface area contributed by atoms with Gasteiger partial charge in [0.1, 0.15) is 25.3 Å². The average Bonchev–Trinajstić information content (AvgIpc) is 3.89. The number of hydrogen-bond donors (Lipinski definition) is 7. The highest BCUT2D eigenvalue weighted by atomic mass is 16.5. The third-order valence-electron chi connectivity index (χ3n) is 13.2. The molecule has 19 nitrogen and oxygen atoms in total. The zero-order chi connectivity index (χ0) is 51.9. The van der Waals surface area contributed by atoms with Crippen LogP contribution in [0.15, 0.2) is 91.0 Å². The molecule has 4 atom stereocenters. The van der Waals surface area contributed by atoms with Crippen LogP contribution in [0.1, 0.15) is 89.4 Å². The molecule has 5 aromatic carbocycles. The van der Waals surface area contributed by atoms with Crippen LogP contribution >= 0.6 is 0 Å². The van der Waals surface area contributed by atoms with E-state index in [1.165, 1.54) is 28.1 Å². The van der Waals surface area contributed by atoms with Crippen LogP contribution < -0.4 is 67.0 Å². The molecule has 0 fully saturated rings. The molecular weight excluding hydrogens is 935 g/mol. The molecule has 19 heteroatoms. The van der Waals surface area contributed by atoms with Crippen LogP contribution in [0, 0.1) is 0 Å². The standard InChI is InChI=1S/C54H61N9O10/c1-30-18-35-12-6-8-14-43(35)62(30)53(68)39-23-45(70-4)47(25-41(39)55)72-28-33-19-34(21-37(20-33)60-52(67)32(3)59-51(66)31(2)58-49(64)16-10-11-17-50(65)61-56)29-73-48-26-42-40(24-46(48)71-5)54(69)63-38(27-57-42)22-36-13-7-9-15-44(36)63/h6-9,12-15,19-21,23-26,30-32,38,57H,10-11,16-18,22,27-29,55-56H2,1-5H3,(H,58,64)(H,59,66)(H,60,67)(H,61,65)/t30-,31+,32+,38+/m1/s1. The number of nitrogen functional groups attached to an aromatic ring is 1. The van der Waals surface area contributed by atoms with Crippen molar-refractivity contribution in [1.82, 2.24) is 16.1 Å². The van der Waals surface area contributed by atoms with Crippen LogP contribution in [0.3, 0.4) is 0 Å². The topological polar surface area (TPSA) is 258 Å². The van der Waals surface area contributed by atoms with E-state index in [1.54, 1.807) is 41.3 Å². The number of methoxy groups -OCH3 is 2. The first kappa shape index (κ1) is 51.0. The first-order valence-electron chi connectivity index (χ1n) is 24.2. The highest BCUT2D eigenvalue weighted by molar-refractivity contribution is 6.13. The lowest BCUT2D eigenvalue weighted by Crippen LogP contribution is -2.50. The summed E-state index contributed by atoms with van der Waals surface area (Å²) in [6, 6.07) is 25.4. The van der Waals surface area contributed by atoms with Gasteiger partial charge in [0.2, 0.25) is 23.6 Å². The molecule has 3 aliphatic heterocycles. The van der Waals surface area contributed by atoms with Gasteiger partial charge in [0, 0.05) is 60.3 Å². The van der Waals surface area contributed by atoms with Gasteiger partial charge in [-0.2, -0.15) is 0 Å². The maximum absolute atomic E-state index is 14.1. The molecule has 0 bridgehead atoms. The minimum absolute atomic E-state index is 0.0171. The van der Waals surface area contributed by atoms with Crippen molar-refractivity contribution in [3.05, 3.63) is 124 Å². The number of carbonyl (C=O) groups excluding carboxylic acids is 6. The van der Waals surface area contributed by atoms with Crippen molar-refractivity contribution < 1.29 is 47.7 Å². The second-order valence-corrected chi connectivity index (χ2v) is 18.4. The lowest BCUT2D eigenvalue weighted by Gasteiger charge is -2.24. The molecule has 0 radical (unpaired) electrons. The maximum Gasteiger partial charge on any atom is 0.260 e. The summed E-state index contributed by atoms with van der Waals surface area (Å²) < 4.78 is 24.2. The SMILES string of the molecule is COc1cc(C(=O)N2c3ccccc3C[C@H]2C)c(N)cc1OCc1cc(COc2cc3c(cc2OC)C(=O)N2c4ccccc4C[C@H]2CN3)cc(NC(=O)[C@H](C)NC(=O)[C@H](C)NC(=O)CCCCC(=O)NN)c1. The van der Waals surface area contributed by atoms with Crippen LogP contribution in [0.2, 0.25) is 0 Å². The predicted octanol–water partition coefficient (Wildman–Crippen LogP) is 5.53. The largest absolute Gasteiger partial charge is 0.493 e. The Morgan fingerprint density at radius 1 is 0.726 bits per heavy atom. The number of nitrogens with one attached hydrogen (secondary N) is 5. The van der Waals surface area contributed by atoms with Gasteiger partial charge in [-0.1, -0.05) is 36.4 Å². The minimum Gasteiger partial charge on any atom is -0.493 e. The molecule has 5 aromatic rings. The summed E-state index contributed by atoms with van der Waals surface area (Å²) in [5.41, 5.74) is 15.6. The number of rotatable bonds is 19. The fourth-order valence-electron chi connectivity index (χ4n) is 9.45. The molecule has 9 N–H and O–H groups in total. The lowest BCUT2D eigenvalue weighted by molar-refractivity contribution is -0.130. The molecule has 382 valence electrons. The summed E-state index contributed by atoms with van der Waals surface area (Å²) in [6.45, 7) is 5.47. The van der Waals surface area contributed by atoms with Gasteiger partial charge in [0.05, 0.1) is 37.1 Å². The van der Waals surface area contributed by atoms with E-state index in [1.807, 2.05) is 71.8 Å². The Morgan fingerprint density at radius 3 is 2.00 bits per heavy atom. The minimum atomic E-state index is -1.03. The van der Waals surface area contributed by atoms with Crippen molar-refractivity contribution >= 4 is 63.9 Å². The van der Waals surface area contributed by atoms with Gasteiger partial charge in [-0.3, -0.25) is 34.2 Å². The first-order valence-corrected chi connectivity index (χ1v) is 24.2. The van der Waals surface area contributed by atoms with Gasteiger partial charge in [0.15, 0.2) is 23.0 Å². The molecule has 73 heavy (non-hydrogen) atoms. The van der Waals surface area contributed by atoms with E-state index in [-0.39, 0.29) is 84.5 Å². The van der Waals surface area contributed by atoms with Crippen molar-refractivity contribution in [2.75, 3.05) is 46.9 Å². The van der Waals surface area contributed by atoms with E-state index >= 15 is 0 Å². The number of nitrogens with two attached hydrogens (primary N) is 2. The fourth-order valence-corrected chi connectivity index (χ4v) is 9.45. The van der Waals surface area contributed by atoms with E-state index in [2.05, 4.69) is 21.3 Å². The average molecular weight is 996 g/mol. The zero-order valence-electron chi connectivity index (χ0n) is 41.5. The molecule has 6 amide bonds. The first-order chi connectivity index (χ1) is 35.1. The highest BCUT2D eigenvalue weighted by Crippen LogP contribution is 2.42. The molecule has 0 saturated carbocycles. The summed E-state index contributed by atoms with van der Waals surface area (Å²) in [4.78, 5) is 82.4. The van der Waals surface area contributed by atoms with Gasteiger partial charge in [-0.25, -0.2) is 5.84 Å². The van der Waals surface area contributed by atoms with Crippen molar-refractivity contribution in [2.24, 2.45) is 5.84 Å². The number of carbonyl (C=O) groups is 6. The molecule has 0 aliphatic carbocycles. The van der Waals surface area contributed by atoms with Crippen LogP contribution in [0.25, 0.3) is 0 Å². The number of benzene rings is 5. The van der Waals surface area contributed by atoms with Gasteiger partial charge < -0.3 is 55.7 Å². The van der Waals surface area contributed by atoms with Crippen LogP contribution in [0.4, 0.5) is 28.4 Å². The third-order valence-corrected chi connectivity index (χ3v) is 13.2. The summed E-state index contributed by atoms with van der Waals surface area (Å²) >= 11 is 0. The van der Waals surface area contributed by atoms with Gasteiger partial charge in [0.25, 0.3) is 11.8 Å². The van der Waals surface area contributed by atoms with Gasteiger partial charge in [-0.15, -0.1) is 0 Å². The summed E-state index contributed by atoms with van der Waals surface area (Å²) in [5.74, 6) is 4.12. The normalized spacial score (nSPS) is 16.0. The van der Waals surface area contributed by atoms with Gasteiger partial charge >= 0.3 is 0 Å². The summed E-state index contributed by atoms with van der Waals surface area (Å²) in [6.07, 6.45) is 2.58. The fraction of sp³-hybridized carbons (Fsp3) is 0.333. The number of nitrogens with zero attached hydrogens (tertiary/aromatic N) is 2. The molecular formula is C54H61N9O10. The summed E-state index contributed by atoms with van der Waals surface area (Å²) in [7, 11) is 2.97. The molecule has 0 unspecified atom stereocenters. The van der Waals surface area contributed by atoms with E-state index < -0.39 is 23.9 Å². The number of fused-ring (bicyclic) bond motifs is 5. The quantitative estimate of drug-likeness (QED) is 0.0177. The molecule has 0 spiro atoms. The number of ether oxygens (including phenoxy) is 4. The predicted molar refractivity (Wildman–Crippen MR) is 276 cm³/mol. The van der Waals surface area contributed by atoms with E-state index in [9.17, 15) is 28.8 Å². The monoisotopic (exact) mass is 995 g/mol. The Hall–Kier alpha value is -8.32. The van der Waals surface area contributed by atoms with Crippen molar-refractivity contribution in [3.63, 3.8) is 0 Å². The third kappa shape index (κ3) is 11.4. The van der Waals surface area contributed by atoms with E-state index in [4.69, 9.17) is 30.5 Å². The summed E-state index contributed by atoms with van der Waals surface area (Å²) in [5, 5.41) is 11.6. The van der Waals surface area contributed by atoms with Crippen LogP contribution in [0.5, 0.6) is 23.0 Å². The number of para-hydroxylation sites is 2. The second kappa shape index (κ2) is 22.4. The molecule has 0 aromatic heterocycles. The Balaban J connectivity index is 0.999. The zero-order valence-corrected chi connectivity index (χ0v) is 41.5. The number of hydrazine groups is 1. The lowest BCUT2D eigenvalue weighted by atomic mass is 10.1. The van der Waals surface area contributed by atoms with Crippen LogP contribution in [-0.2, 0) is 45.2 Å². The molecule has 3 heterocycles. The van der Waals surface area contributed by atoms with Gasteiger partial charge in [-0.05, 0) is 111 Å². The Bertz CT molecular complexity index is 2950. The van der Waals surface area contributed by atoms with E-state index in [0.717, 1.165) is 35.3 Å². The smallest absolute Gasteiger partial charge is 0.260 e. The van der Waals surface area contributed by atoms with E-state index in [0.29, 0.717) is 59.0 Å². The molecule has 8 rings (SSSR count). The number of anilines is 5. The Morgan fingerprint density at radius 2 is 1.33 bits per heavy atom.